The van der Waals surface area contributed by atoms with Crippen molar-refractivity contribution in [2.24, 2.45) is 0 Å². The zero-order valence-electron chi connectivity index (χ0n) is 9.56. The molecule has 0 N–H and O–H groups in total. The van der Waals surface area contributed by atoms with Crippen molar-refractivity contribution in [2.45, 2.75) is 32.5 Å². The number of likely N-dealkylation sites (tertiary alicyclic amines) is 1. The topological polar surface area (TPSA) is 29.5 Å². The number of benzene rings is 1. The van der Waals surface area contributed by atoms with Crippen molar-refractivity contribution in [2.75, 3.05) is 6.61 Å². The van der Waals surface area contributed by atoms with Gasteiger partial charge in [-0.05, 0) is 12.5 Å². The molecule has 0 saturated carbocycles. The van der Waals surface area contributed by atoms with Gasteiger partial charge in [-0.3, -0.25) is 4.79 Å². The quantitative estimate of drug-likeness (QED) is 0.776. The highest BCUT2D eigenvalue weighted by molar-refractivity contribution is 5.78. The summed E-state index contributed by atoms with van der Waals surface area (Å²) in [5.74, 6) is 0.197. The third-order valence-electron chi connectivity index (χ3n) is 2.83. The van der Waals surface area contributed by atoms with Gasteiger partial charge in [0.05, 0.1) is 0 Å². The van der Waals surface area contributed by atoms with Crippen LogP contribution >= 0.6 is 0 Å². The highest BCUT2D eigenvalue weighted by Gasteiger charge is 2.30. The first-order valence-corrected chi connectivity index (χ1v) is 5.76. The van der Waals surface area contributed by atoms with E-state index in [-0.39, 0.29) is 12.1 Å². The minimum atomic E-state index is -0.0299. The van der Waals surface area contributed by atoms with E-state index in [1.165, 1.54) is 0 Å². The Morgan fingerprint density at radius 1 is 1.38 bits per heavy atom. The third-order valence-corrected chi connectivity index (χ3v) is 2.83. The summed E-state index contributed by atoms with van der Waals surface area (Å²) in [5.41, 5.74) is 1.16. The van der Waals surface area contributed by atoms with Gasteiger partial charge in [0.15, 0.2) is 0 Å². The summed E-state index contributed by atoms with van der Waals surface area (Å²) in [7, 11) is 0. The molecule has 1 fully saturated rings. The second kappa shape index (κ2) is 5.12. The van der Waals surface area contributed by atoms with Crippen LogP contribution in [0.2, 0.25) is 0 Å². The van der Waals surface area contributed by atoms with Gasteiger partial charge in [-0.1, -0.05) is 30.3 Å². The molecule has 16 heavy (non-hydrogen) atoms. The predicted molar refractivity (Wildman–Crippen MR) is 61.6 cm³/mol. The SMILES string of the molecule is CCOC1CCC(=O)N1Cc1ccccc1. The second-order valence-corrected chi connectivity index (χ2v) is 3.96. The molecule has 0 bridgehead atoms. The first kappa shape index (κ1) is 11.1. The van der Waals surface area contributed by atoms with Crippen molar-refractivity contribution < 1.29 is 9.53 Å². The van der Waals surface area contributed by atoms with E-state index in [0.29, 0.717) is 19.6 Å². The van der Waals surface area contributed by atoms with Crippen molar-refractivity contribution in [1.82, 2.24) is 4.90 Å². The molecule has 1 aliphatic rings. The molecule has 3 nitrogen and oxygen atoms in total. The van der Waals surface area contributed by atoms with Gasteiger partial charge in [0.1, 0.15) is 6.23 Å². The van der Waals surface area contributed by atoms with Crippen LogP contribution in [0.3, 0.4) is 0 Å². The Bertz CT molecular complexity index is 350. The van der Waals surface area contributed by atoms with Gasteiger partial charge in [-0.15, -0.1) is 0 Å². The van der Waals surface area contributed by atoms with Crippen LogP contribution in [0.5, 0.6) is 0 Å². The van der Waals surface area contributed by atoms with Crippen LogP contribution in [0.15, 0.2) is 30.3 Å². The number of hydrogen-bond donors (Lipinski definition) is 0. The molecule has 86 valence electrons. The zero-order valence-corrected chi connectivity index (χ0v) is 9.56. The van der Waals surface area contributed by atoms with Gasteiger partial charge in [0.25, 0.3) is 0 Å². The van der Waals surface area contributed by atoms with E-state index in [9.17, 15) is 4.79 Å². The molecule has 1 aromatic carbocycles. The Morgan fingerprint density at radius 2 is 2.12 bits per heavy atom. The number of rotatable bonds is 4. The number of nitrogens with zero attached hydrogens (tertiary/aromatic N) is 1. The number of ether oxygens (including phenoxy) is 1. The lowest BCUT2D eigenvalue weighted by Gasteiger charge is -2.24. The lowest BCUT2D eigenvalue weighted by molar-refractivity contribution is -0.137. The molecule has 1 unspecified atom stereocenters. The molecule has 1 amide bonds. The van der Waals surface area contributed by atoms with Crippen LogP contribution < -0.4 is 0 Å². The summed E-state index contributed by atoms with van der Waals surface area (Å²) in [6.45, 7) is 3.27. The van der Waals surface area contributed by atoms with E-state index in [4.69, 9.17) is 4.74 Å². The molecule has 1 heterocycles. The van der Waals surface area contributed by atoms with Crippen LogP contribution in [0, 0.1) is 0 Å². The van der Waals surface area contributed by atoms with E-state index in [0.717, 1.165) is 12.0 Å². The molecule has 0 aromatic heterocycles. The lowest BCUT2D eigenvalue weighted by atomic mass is 10.2. The van der Waals surface area contributed by atoms with Crippen molar-refractivity contribution >= 4 is 5.91 Å². The first-order valence-electron chi connectivity index (χ1n) is 5.76. The van der Waals surface area contributed by atoms with Gasteiger partial charge >= 0.3 is 0 Å². The Hall–Kier alpha value is -1.35. The first-order chi connectivity index (χ1) is 7.81. The lowest BCUT2D eigenvalue weighted by Crippen LogP contribution is -2.34. The molecule has 1 saturated heterocycles. The normalized spacial score (nSPS) is 20.4. The van der Waals surface area contributed by atoms with Crippen LogP contribution in [0.4, 0.5) is 0 Å². The summed E-state index contributed by atoms with van der Waals surface area (Å²) < 4.78 is 5.56. The highest BCUT2D eigenvalue weighted by atomic mass is 16.5. The molecule has 0 radical (unpaired) electrons. The number of carbonyl (C=O) groups is 1. The maximum atomic E-state index is 11.7. The van der Waals surface area contributed by atoms with Gasteiger partial charge in [-0.2, -0.15) is 0 Å². The maximum absolute atomic E-state index is 11.7. The van der Waals surface area contributed by atoms with E-state index in [1.807, 2.05) is 42.2 Å². The summed E-state index contributed by atoms with van der Waals surface area (Å²) in [6.07, 6.45) is 1.40. The molecular formula is C13H17NO2. The molecule has 1 aliphatic heterocycles. The van der Waals surface area contributed by atoms with Crippen LogP contribution in [0.1, 0.15) is 25.3 Å². The number of hydrogen-bond acceptors (Lipinski definition) is 2. The van der Waals surface area contributed by atoms with Crippen molar-refractivity contribution in [1.29, 1.82) is 0 Å². The maximum Gasteiger partial charge on any atom is 0.225 e. The van der Waals surface area contributed by atoms with Gasteiger partial charge in [0, 0.05) is 26.0 Å². The van der Waals surface area contributed by atoms with E-state index in [1.54, 1.807) is 0 Å². The number of carbonyl (C=O) groups excluding carboxylic acids is 1. The average Bonchev–Trinajstić information content (AvgIpc) is 2.64. The molecule has 0 spiro atoms. The monoisotopic (exact) mass is 219 g/mol. The average molecular weight is 219 g/mol. The smallest absolute Gasteiger partial charge is 0.225 e. The minimum Gasteiger partial charge on any atom is -0.359 e. The molecule has 3 heteroatoms. The van der Waals surface area contributed by atoms with E-state index < -0.39 is 0 Å². The largest absolute Gasteiger partial charge is 0.359 e. The van der Waals surface area contributed by atoms with Gasteiger partial charge in [0.2, 0.25) is 5.91 Å². The highest BCUT2D eigenvalue weighted by Crippen LogP contribution is 2.22. The van der Waals surface area contributed by atoms with Crippen LogP contribution in [-0.2, 0) is 16.1 Å². The summed E-state index contributed by atoms with van der Waals surface area (Å²) >= 11 is 0. The second-order valence-electron chi connectivity index (χ2n) is 3.96. The van der Waals surface area contributed by atoms with Crippen molar-refractivity contribution in [3.63, 3.8) is 0 Å². The Labute approximate surface area is 96.0 Å². The Balaban J connectivity index is 2.04. The van der Waals surface area contributed by atoms with Crippen molar-refractivity contribution in [3.8, 4) is 0 Å². The minimum absolute atomic E-state index is 0.0299. The molecular weight excluding hydrogens is 202 g/mol. The van der Waals surface area contributed by atoms with Gasteiger partial charge < -0.3 is 9.64 Å². The number of amides is 1. The summed E-state index contributed by atoms with van der Waals surface area (Å²) in [6, 6.07) is 10.0. The molecule has 2 rings (SSSR count). The Morgan fingerprint density at radius 3 is 2.81 bits per heavy atom. The predicted octanol–water partition coefficient (Wildman–Crippen LogP) is 2.17. The van der Waals surface area contributed by atoms with Crippen LogP contribution in [0.25, 0.3) is 0 Å². The van der Waals surface area contributed by atoms with Crippen LogP contribution in [-0.4, -0.2) is 23.6 Å². The van der Waals surface area contributed by atoms with E-state index in [2.05, 4.69) is 0 Å². The van der Waals surface area contributed by atoms with E-state index >= 15 is 0 Å². The third kappa shape index (κ3) is 2.42. The standard InChI is InChI=1S/C13H17NO2/c1-2-16-13-9-8-12(15)14(13)10-11-6-4-3-5-7-11/h3-7,13H,2,8-10H2,1H3. The van der Waals surface area contributed by atoms with Crippen molar-refractivity contribution in [3.05, 3.63) is 35.9 Å². The van der Waals surface area contributed by atoms with Gasteiger partial charge in [-0.25, -0.2) is 0 Å². The summed E-state index contributed by atoms with van der Waals surface area (Å²) in [5, 5.41) is 0. The summed E-state index contributed by atoms with van der Waals surface area (Å²) in [4.78, 5) is 13.5. The fourth-order valence-corrected chi connectivity index (χ4v) is 2.04. The molecule has 1 aromatic rings. The zero-order chi connectivity index (χ0) is 11.4. The molecule has 0 aliphatic carbocycles. The fourth-order valence-electron chi connectivity index (χ4n) is 2.04. The fraction of sp³-hybridized carbons (Fsp3) is 0.462. The Kier molecular flexibility index (Phi) is 3.57. The molecule has 1 atom stereocenters.